The smallest absolute Gasteiger partial charge is 0.337 e. The van der Waals surface area contributed by atoms with Crippen LogP contribution < -0.4 is 0 Å². The molecular weight excluding hydrogens is 180 g/mol. The van der Waals surface area contributed by atoms with Gasteiger partial charge in [-0.2, -0.15) is 0 Å². The van der Waals surface area contributed by atoms with Crippen molar-refractivity contribution in [2.75, 3.05) is 0 Å². The van der Waals surface area contributed by atoms with Crippen LogP contribution in [0.2, 0.25) is 0 Å². The predicted molar refractivity (Wildman–Crippen MR) is 42.4 cm³/mol. The zero-order chi connectivity index (χ0) is 9.14. The molecule has 1 unspecified atom stereocenters. The van der Waals surface area contributed by atoms with Gasteiger partial charge in [-0.25, -0.2) is 9.00 Å². The van der Waals surface area contributed by atoms with E-state index in [2.05, 4.69) is 0 Å². The van der Waals surface area contributed by atoms with E-state index in [9.17, 15) is 9.00 Å². The molecule has 4 nitrogen and oxygen atoms in total. The molecule has 1 rings (SSSR count). The number of rotatable bonds is 2. The van der Waals surface area contributed by atoms with Crippen molar-refractivity contribution in [2.45, 2.75) is 4.90 Å². The summed E-state index contributed by atoms with van der Waals surface area (Å²) in [6.07, 6.45) is 0. The summed E-state index contributed by atoms with van der Waals surface area (Å²) in [4.78, 5) is 10.4. The molecule has 1 aromatic rings. The molecular formula is C7H6O4S. The highest BCUT2D eigenvalue weighted by Crippen LogP contribution is 2.11. The average Bonchev–Trinajstić information content (AvgIpc) is 2.04. The predicted octanol–water partition coefficient (Wildman–Crippen LogP) is 0.965. The summed E-state index contributed by atoms with van der Waals surface area (Å²) in [6.45, 7) is 0. The van der Waals surface area contributed by atoms with E-state index in [1.54, 1.807) is 0 Å². The summed E-state index contributed by atoms with van der Waals surface area (Å²) in [5.74, 6) is -1.20. The number of carbonyl (C=O) groups is 1. The van der Waals surface area contributed by atoms with Crippen LogP contribution in [0.25, 0.3) is 0 Å². The van der Waals surface area contributed by atoms with Crippen molar-refractivity contribution < 1.29 is 18.7 Å². The van der Waals surface area contributed by atoms with Crippen LogP contribution >= 0.6 is 0 Å². The van der Waals surface area contributed by atoms with Gasteiger partial charge in [-0.3, -0.25) is 0 Å². The van der Waals surface area contributed by atoms with Crippen molar-refractivity contribution in [3.63, 3.8) is 0 Å². The van der Waals surface area contributed by atoms with Gasteiger partial charge in [0.1, 0.15) is 0 Å². The summed E-state index contributed by atoms with van der Waals surface area (Å²) in [5.41, 5.74) is -0.140. The molecule has 0 saturated heterocycles. The van der Waals surface area contributed by atoms with E-state index >= 15 is 0 Å². The highest BCUT2D eigenvalue weighted by Gasteiger charge is 2.12. The molecule has 0 radical (unpaired) electrons. The first-order valence-corrected chi connectivity index (χ1v) is 4.17. The van der Waals surface area contributed by atoms with Gasteiger partial charge in [0.25, 0.3) is 0 Å². The molecule has 0 aliphatic carbocycles. The molecule has 0 aliphatic rings. The number of benzene rings is 1. The Morgan fingerprint density at radius 1 is 1.33 bits per heavy atom. The maximum absolute atomic E-state index is 10.6. The van der Waals surface area contributed by atoms with Gasteiger partial charge in [0.2, 0.25) is 0 Å². The Labute approximate surface area is 71.1 Å². The van der Waals surface area contributed by atoms with Gasteiger partial charge in [0.15, 0.2) is 11.1 Å². The lowest BCUT2D eigenvalue weighted by atomic mass is 10.2. The maximum Gasteiger partial charge on any atom is 0.337 e. The molecule has 12 heavy (non-hydrogen) atoms. The van der Waals surface area contributed by atoms with Crippen LogP contribution in [0, 0.1) is 0 Å². The molecule has 64 valence electrons. The fourth-order valence-electron chi connectivity index (χ4n) is 0.796. The second kappa shape index (κ2) is 3.46. The lowest BCUT2D eigenvalue weighted by Gasteiger charge is -1.98. The fraction of sp³-hybridized carbons (Fsp3) is 0. The van der Waals surface area contributed by atoms with Crippen molar-refractivity contribution in [1.29, 1.82) is 0 Å². The molecule has 0 fully saturated rings. The zero-order valence-corrected chi connectivity index (χ0v) is 6.75. The minimum atomic E-state index is -2.24. The number of hydrogen-bond acceptors (Lipinski definition) is 2. The Kier molecular flexibility index (Phi) is 2.57. The van der Waals surface area contributed by atoms with Crippen molar-refractivity contribution in [2.24, 2.45) is 0 Å². The van der Waals surface area contributed by atoms with Crippen molar-refractivity contribution in [3.8, 4) is 0 Å². The van der Waals surface area contributed by atoms with Crippen LogP contribution in [0.15, 0.2) is 29.2 Å². The maximum atomic E-state index is 10.6. The topological polar surface area (TPSA) is 74.6 Å². The van der Waals surface area contributed by atoms with Gasteiger partial charge < -0.3 is 9.66 Å². The molecule has 2 N–H and O–H groups in total. The van der Waals surface area contributed by atoms with E-state index in [0.717, 1.165) is 0 Å². The molecule has 0 spiro atoms. The molecule has 0 heterocycles. The lowest BCUT2D eigenvalue weighted by Crippen LogP contribution is -2.02. The molecule has 0 saturated carbocycles. The quantitative estimate of drug-likeness (QED) is 0.675. The van der Waals surface area contributed by atoms with Gasteiger partial charge in [-0.1, -0.05) is 12.1 Å². The highest BCUT2D eigenvalue weighted by molar-refractivity contribution is 7.79. The van der Waals surface area contributed by atoms with Crippen molar-refractivity contribution >= 4 is 17.0 Å². The molecule has 1 atom stereocenters. The Morgan fingerprint density at radius 2 is 1.92 bits per heavy atom. The third kappa shape index (κ3) is 1.69. The first-order valence-electron chi connectivity index (χ1n) is 3.06. The second-order valence-corrected chi connectivity index (χ2v) is 2.99. The van der Waals surface area contributed by atoms with E-state index in [1.807, 2.05) is 0 Å². The molecule has 0 amide bonds. The average molecular weight is 186 g/mol. The number of carboxylic acids is 1. The Morgan fingerprint density at radius 3 is 2.33 bits per heavy atom. The monoisotopic (exact) mass is 186 g/mol. The van der Waals surface area contributed by atoms with Crippen molar-refractivity contribution in [3.05, 3.63) is 29.8 Å². The fourth-order valence-corrected chi connectivity index (χ4v) is 1.33. The number of hydrogen-bond donors (Lipinski definition) is 2. The second-order valence-electron chi connectivity index (χ2n) is 2.05. The third-order valence-corrected chi connectivity index (χ3v) is 2.04. The van der Waals surface area contributed by atoms with Crippen LogP contribution in [0.1, 0.15) is 10.4 Å². The Hall–Kier alpha value is -1.20. The Balaban J connectivity index is 3.27. The summed E-state index contributed by atoms with van der Waals surface area (Å²) in [5, 5.41) is 8.57. The van der Waals surface area contributed by atoms with Crippen molar-refractivity contribution in [1.82, 2.24) is 0 Å². The summed E-state index contributed by atoms with van der Waals surface area (Å²) < 4.78 is 19.2. The van der Waals surface area contributed by atoms with Gasteiger partial charge in [-0.05, 0) is 12.1 Å². The summed E-state index contributed by atoms with van der Waals surface area (Å²) in [7, 11) is 0. The van der Waals surface area contributed by atoms with Crippen LogP contribution in [0.4, 0.5) is 0 Å². The first kappa shape index (κ1) is 8.89. The summed E-state index contributed by atoms with van der Waals surface area (Å²) in [6, 6.07) is 5.60. The van der Waals surface area contributed by atoms with Gasteiger partial charge in [0, 0.05) is 0 Å². The highest BCUT2D eigenvalue weighted by atomic mass is 32.2. The van der Waals surface area contributed by atoms with E-state index in [1.165, 1.54) is 24.3 Å². The molecule has 0 aromatic heterocycles. The largest absolute Gasteiger partial charge is 0.478 e. The molecule has 5 heteroatoms. The standard InChI is InChI=1S/C7H6O4S/c8-7(9)5-3-1-2-4-6(5)12(10)11/h1-4H,(H,8,9)(H,10,11). The third-order valence-electron chi connectivity index (χ3n) is 1.31. The van der Waals surface area contributed by atoms with E-state index in [4.69, 9.17) is 9.66 Å². The lowest BCUT2D eigenvalue weighted by molar-refractivity contribution is 0.0692. The molecule has 0 aliphatic heterocycles. The normalized spacial score (nSPS) is 12.4. The minimum absolute atomic E-state index is 0.0787. The molecule has 0 bridgehead atoms. The van der Waals surface area contributed by atoms with Gasteiger partial charge >= 0.3 is 5.97 Å². The van der Waals surface area contributed by atoms with E-state index in [-0.39, 0.29) is 10.5 Å². The van der Waals surface area contributed by atoms with Crippen LogP contribution in [0.5, 0.6) is 0 Å². The Bertz CT molecular complexity index is 301. The van der Waals surface area contributed by atoms with Crippen LogP contribution in [-0.4, -0.2) is 19.8 Å². The first-order chi connectivity index (χ1) is 5.63. The number of aromatic carboxylic acids is 1. The number of carboxylic acid groups (broad SMARTS) is 1. The van der Waals surface area contributed by atoms with Crippen LogP contribution in [-0.2, 0) is 11.1 Å². The zero-order valence-electron chi connectivity index (χ0n) is 5.93. The summed E-state index contributed by atoms with van der Waals surface area (Å²) >= 11 is -2.24. The van der Waals surface area contributed by atoms with E-state index < -0.39 is 17.0 Å². The van der Waals surface area contributed by atoms with E-state index in [0.29, 0.717) is 0 Å². The van der Waals surface area contributed by atoms with Crippen LogP contribution in [0.3, 0.4) is 0 Å². The van der Waals surface area contributed by atoms with Gasteiger partial charge in [0.05, 0.1) is 10.5 Å². The SMILES string of the molecule is O=C(O)c1ccccc1S(=O)O. The molecule has 1 aromatic carbocycles. The minimum Gasteiger partial charge on any atom is -0.478 e. The van der Waals surface area contributed by atoms with Gasteiger partial charge in [-0.15, -0.1) is 0 Å².